The van der Waals surface area contributed by atoms with Gasteiger partial charge in [0.25, 0.3) is 5.91 Å². The molecule has 3 amide bonds. The van der Waals surface area contributed by atoms with E-state index in [-0.39, 0.29) is 23.0 Å². The highest BCUT2D eigenvalue weighted by Gasteiger charge is 2.56. The van der Waals surface area contributed by atoms with Gasteiger partial charge in [-0.3, -0.25) is 19.3 Å². The number of amides is 3. The smallest absolute Gasteiger partial charge is 0.326 e. The van der Waals surface area contributed by atoms with Crippen LogP contribution >= 0.6 is 0 Å². The molecule has 1 heterocycles. The van der Waals surface area contributed by atoms with Crippen LogP contribution in [0.5, 0.6) is 0 Å². The van der Waals surface area contributed by atoms with E-state index in [9.17, 15) is 19.2 Å². The maximum atomic E-state index is 13.1. The maximum Gasteiger partial charge on any atom is 0.326 e. The van der Waals surface area contributed by atoms with Gasteiger partial charge in [-0.25, -0.2) is 4.79 Å². The summed E-state index contributed by atoms with van der Waals surface area (Å²) >= 11 is 0. The zero-order chi connectivity index (χ0) is 24.0. The third-order valence-electron chi connectivity index (χ3n) is 7.06. The Hall–Kier alpha value is -2.70. The third-order valence-corrected chi connectivity index (χ3v) is 7.06. The second-order valence-corrected chi connectivity index (χ2v) is 10.5. The van der Waals surface area contributed by atoms with Crippen molar-refractivity contribution < 1.29 is 23.9 Å². The van der Waals surface area contributed by atoms with Crippen molar-refractivity contribution in [1.82, 2.24) is 10.2 Å². The number of hydrogen-bond acceptors (Lipinski definition) is 5. The molecule has 2 unspecified atom stereocenters. The lowest BCUT2D eigenvalue weighted by molar-refractivity contribution is -0.147. The molecule has 2 atom stereocenters. The van der Waals surface area contributed by atoms with Crippen molar-refractivity contribution in [3.05, 3.63) is 33.9 Å². The minimum atomic E-state index is -0.970. The summed E-state index contributed by atoms with van der Waals surface area (Å²) in [5.74, 6) is -1.19. The molecule has 2 fully saturated rings. The van der Waals surface area contributed by atoms with Crippen molar-refractivity contribution in [3.8, 4) is 0 Å². The molecular formula is C25H34N2O5. The summed E-state index contributed by atoms with van der Waals surface area (Å²) in [7, 11) is 0. The van der Waals surface area contributed by atoms with E-state index in [2.05, 4.69) is 26.1 Å². The molecule has 32 heavy (non-hydrogen) atoms. The van der Waals surface area contributed by atoms with Crippen LogP contribution in [0.4, 0.5) is 4.79 Å². The number of ether oxygens (including phenoxy) is 1. The van der Waals surface area contributed by atoms with Gasteiger partial charge in [-0.2, -0.15) is 0 Å². The number of benzene rings is 1. The van der Waals surface area contributed by atoms with Crippen LogP contribution in [0.2, 0.25) is 0 Å². The fraction of sp³-hybridized carbons (Fsp3) is 0.600. The number of esters is 1. The van der Waals surface area contributed by atoms with Gasteiger partial charge < -0.3 is 10.1 Å². The van der Waals surface area contributed by atoms with Crippen molar-refractivity contribution in [2.45, 2.75) is 73.3 Å². The van der Waals surface area contributed by atoms with Crippen molar-refractivity contribution in [2.24, 2.45) is 11.3 Å². The topological polar surface area (TPSA) is 92.8 Å². The van der Waals surface area contributed by atoms with E-state index in [1.165, 1.54) is 0 Å². The second-order valence-electron chi connectivity index (χ2n) is 10.5. The Balaban J connectivity index is 1.65. The highest BCUT2D eigenvalue weighted by molar-refractivity contribution is 6.09. The van der Waals surface area contributed by atoms with Gasteiger partial charge >= 0.3 is 12.0 Å². The first-order valence-electron chi connectivity index (χ1n) is 11.2. The van der Waals surface area contributed by atoms with Crippen LogP contribution in [0.25, 0.3) is 0 Å². The number of ketones is 1. The summed E-state index contributed by atoms with van der Waals surface area (Å²) in [5.41, 5.74) is 3.48. The SMILES string of the molecule is Cc1cc(C(=O)COC(=O)CN2C(=O)NC3(CC(C)CC(C)(C)C3)C2=O)c(C)c(C)c1C. The normalized spacial score (nSPS) is 24.6. The predicted molar refractivity (Wildman–Crippen MR) is 120 cm³/mol. The van der Waals surface area contributed by atoms with E-state index in [0.29, 0.717) is 18.4 Å². The molecule has 7 nitrogen and oxygen atoms in total. The monoisotopic (exact) mass is 442 g/mol. The molecule has 1 aliphatic heterocycles. The zero-order valence-electron chi connectivity index (χ0n) is 20.2. The lowest BCUT2D eigenvalue weighted by atomic mass is 9.64. The van der Waals surface area contributed by atoms with Gasteiger partial charge in [0, 0.05) is 5.56 Å². The van der Waals surface area contributed by atoms with Crippen LogP contribution in [-0.2, 0) is 14.3 Å². The summed E-state index contributed by atoms with van der Waals surface area (Å²) in [5, 5.41) is 2.84. The van der Waals surface area contributed by atoms with E-state index in [1.807, 2.05) is 27.7 Å². The van der Waals surface area contributed by atoms with E-state index in [4.69, 9.17) is 4.74 Å². The highest BCUT2D eigenvalue weighted by atomic mass is 16.5. The molecule has 3 rings (SSSR count). The van der Waals surface area contributed by atoms with E-state index < -0.39 is 30.7 Å². The average Bonchev–Trinajstić information content (AvgIpc) is 2.88. The zero-order valence-corrected chi connectivity index (χ0v) is 20.2. The largest absolute Gasteiger partial charge is 0.456 e. The predicted octanol–water partition coefficient (Wildman–Crippen LogP) is 3.78. The lowest BCUT2D eigenvalue weighted by Crippen LogP contribution is -2.54. The molecule has 2 aliphatic rings. The standard InChI is InChI=1S/C25H34N2O5/c1-14-9-24(6,7)13-25(10-14)22(30)27(23(31)26-25)11-21(29)32-12-20(28)19-8-15(2)16(3)17(4)18(19)5/h8,14H,9-13H2,1-7H3,(H,26,31). The number of nitrogens with zero attached hydrogens (tertiary/aromatic N) is 1. The number of carbonyl (C=O) groups excluding carboxylic acids is 4. The average molecular weight is 443 g/mol. The third kappa shape index (κ3) is 4.43. The van der Waals surface area contributed by atoms with Crippen LogP contribution in [0.3, 0.4) is 0 Å². The Kier molecular flexibility index (Phi) is 6.24. The Morgan fingerprint density at radius 2 is 1.75 bits per heavy atom. The second kappa shape index (κ2) is 8.34. The fourth-order valence-electron chi connectivity index (χ4n) is 5.55. The van der Waals surface area contributed by atoms with Crippen molar-refractivity contribution >= 4 is 23.7 Å². The summed E-state index contributed by atoms with van der Waals surface area (Å²) in [6.07, 6.45) is 2.06. The first-order valence-corrected chi connectivity index (χ1v) is 11.2. The number of rotatable bonds is 5. The van der Waals surface area contributed by atoms with Gasteiger partial charge in [0.1, 0.15) is 12.1 Å². The van der Waals surface area contributed by atoms with Gasteiger partial charge in [0.2, 0.25) is 5.78 Å². The molecule has 1 aromatic rings. The number of imide groups is 1. The number of urea groups is 1. The van der Waals surface area contributed by atoms with E-state index >= 15 is 0 Å². The summed E-state index contributed by atoms with van der Waals surface area (Å²) in [6, 6.07) is 1.23. The van der Waals surface area contributed by atoms with Crippen LogP contribution in [0.1, 0.15) is 72.6 Å². The molecule has 1 aromatic carbocycles. The number of hydrogen-bond donors (Lipinski definition) is 1. The van der Waals surface area contributed by atoms with Gasteiger partial charge in [0.15, 0.2) is 6.61 Å². The summed E-state index contributed by atoms with van der Waals surface area (Å²) in [4.78, 5) is 51.7. The quantitative estimate of drug-likeness (QED) is 0.426. The molecule has 1 N–H and O–H groups in total. The fourth-order valence-corrected chi connectivity index (χ4v) is 5.55. The van der Waals surface area contributed by atoms with Crippen LogP contribution in [-0.4, -0.2) is 47.3 Å². The molecule has 0 aromatic heterocycles. The molecule has 1 saturated carbocycles. The van der Waals surface area contributed by atoms with Gasteiger partial charge in [-0.1, -0.05) is 20.8 Å². The highest BCUT2D eigenvalue weighted by Crippen LogP contribution is 2.46. The molecule has 0 bridgehead atoms. The lowest BCUT2D eigenvalue weighted by Gasteiger charge is -2.43. The van der Waals surface area contributed by atoms with Gasteiger partial charge in [-0.15, -0.1) is 0 Å². The first-order chi connectivity index (χ1) is 14.8. The number of nitrogens with one attached hydrogen (secondary N) is 1. The summed E-state index contributed by atoms with van der Waals surface area (Å²) in [6.45, 7) is 13.1. The molecule has 1 spiro atoms. The Bertz CT molecular complexity index is 997. The van der Waals surface area contributed by atoms with Crippen molar-refractivity contribution in [3.63, 3.8) is 0 Å². The molecular weight excluding hydrogens is 408 g/mol. The van der Waals surface area contributed by atoms with Crippen molar-refractivity contribution in [2.75, 3.05) is 13.2 Å². The summed E-state index contributed by atoms with van der Waals surface area (Å²) < 4.78 is 5.16. The minimum Gasteiger partial charge on any atom is -0.456 e. The molecule has 1 saturated heterocycles. The number of aryl methyl sites for hydroxylation is 1. The molecule has 7 heteroatoms. The van der Waals surface area contributed by atoms with Gasteiger partial charge in [0.05, 0.1) is 0 Å². The van der Waals surface area contributed by atoms with E-state index in [1.54, 1.807) is 6.07 Å². The molecule has 1 aliphatic carbocycles. The van der Waals surface area contributed by atoms with Gasteiger partial charge in [-0.05, 0) is 86.6 Å². The van der Waals surface area contributed by atoms with Crippen LogP contribution in [0, 0.1) is 39.0 Å². The van der Waals surface area contributed by atoms with Crippen LogP contribution in [0.15, 0.2) is 6.07 Å². The van der Waals surface area contributed by atoms with Crippen LogP contribution < -0.4 is 5.32 Å². The Morgan fingerprint density at radius 3 is 2.38 bits per heavy atom. The maximum absolute atomic E-state index is 13.1. The molecule has 174 valence electrons. The van der Waals surface area contributed by atoms with E-state index in [0.717, 1.165) is 33.6 Å². The Labute approximate surface area is 189 Å². The number of carbonyl (C=O) groups is 4. The number of Topliss-reactive ketones (excluding diaryl/α,β-unsaturated/α-hetero) is 1. The van der Waals surface area contributed by atoms with Crippen molar-refractivity contribution in [1.29, 1.82) is 0 Å². The first kappa shape index (κ1) is 24.0. The molecule has 0 radical (unpaired) electrons. The Morgan fingerprint density at radius 1 is 1.09 bits per heavy atom. The minimum absolute atomic E-state index is 0.0916.